The van der Waals surface area contributed by atoms with Gasteiger partial charge in [-0.1, -0.05) is 0 Å². The van der Waals surface area contributed by atoms with Crippen LogP contribution in [0.2, 0.25) is 0 Å². The lowest BCUT2D eigenvalue weighted by molar-refractivity contribution is 0.582. The molecule has 1 aromatic rings. The van der Waals surface area contributed by atoms with Crippen LogP contribution in [-0.2, 0) is 0 Å². The van der Waals surface area contributed by atoms with Gasteiger partial charge >= 0.3 is 0 Å². The Morgan fingerprint density at radius 2 is 2.00 bits per heavy atom. The van der Waals surface area contributed by atoms with E-state index in [1.165, 1.54) is 12.3 Å². The molecule has 0 fully saturated rings. The maximum Gasteiger partial charge on any atom is 0.213 e. The summed E-state index contributed by atoms with van der Waals surface area (Å²) in [6.07, 6.45) is 1.40. The monoisotopic (exact) mass is 253 g/mol. The van der Waals surface area contributed by atoms with Gasteiger partial charge in [0.25, 0.3) is 0 Å². The Labute approximate surface area is 68.6 Å². The van der Waals surface area contributed by atoms with Crippen molar-refractivity contribution < 1.29 is 4.39 Å². The maximum atomic E-state index is 12.2. The number of rotatable bonds is 0. The van der Waals surface area contributed by atoms with Crippen LogP contribution in [0, 0.1) is 5.95 Å². The van der Waals surface area contributed by atoms with Crippen LogP contribution in [0.15, 0.2) is 21.2 Å². The van der Waals surface area contributed by atoms with Gasteiger partial charge in [0, 0.05) is 16.7 Å². The molecule has 0 saturated heterocycles. The molecule has 1 rings (SSSR count). The molecule has 0 aliphatic heterocycles. The number of aromatic nitrogens is 1. The van der Waals surface area contributed by atoms with Gasteiger partial charge < -0.3 is 0 Å². The van der Waals surface area contributed by atoms with Crippen LogP contribution >= 0.6 is 31.9 Å². The summed E-state index contributed by atoms with van der Waals surface area (Å²) in [5.41, 5.74) is 0. The first-order valence-electron chi connectivity index (χ1n) is 2.16. The van der Waals surface area contributed by atoms with Gasteiger partial charge in [-0.05, 0) is 31.9 Å². The lowest BCUT2D eigenvalue weighted by Crippen LogP contribution is -1.80. The minimum absolute atomic E-state index is 0.481. The lowest BCUT2D eigenvalue weighted by atomic mass is 10.5. The molecule has 0 atom stereocenters. The average molecular weight is 255 g/mol. The number of hydrogen-bond donors (Lipinski definition) is 0. The van der Waals surface area contributed by atoms with Gasteiger partial charge in [-0.2, -0.15) is 4.39 Å². The lowest BCUT2D eigenvalue weighted by Gasteiger charge is -1.91. The van der Waals surface area contributed by atoms with Gasteiger partial charge in [0.2, 0.25) is 5.95 Å². The van der Waals surface area contributed by atoms with Crippen LogP contribution < -0.4 is 0 Å². The highest BCUT2D eigenvalue weighted by molar-refractivity contribution is 9.13. The zero-order valence-corrected chi connectivity index (χ0v) is 7.41. The van der Waals surface area contributed by atoms with E-state index in [2.05, 4.69) is 36.8 Å². The fraction of sp³-hybridized carbons (Fsp3) is 0. The van der Waals surface area contributed by atoms with Gasteiger partial charge in [0.15, 0.2) is 0 Å². The van der Waals surface area contributed by atoms with Crippen molar-refractivity contribution in [3.63, 3.8) is 0 Å². The van der Waals surface area contributed by atoms with Gasteiger partial charge in [0.05, 0.1) is 4.47 Å². The van der Waals surface area contributed by atoms with Crippen molar-refractivity contribution in [2.75, 3.05) is 0 Å². The second-order valence-electron chi connectivity index (χ2n) is 1.42. The molecule has 48 valence electrons. The van der Waals surface area contributed by atoms with E-state index in [0.29, 0.717) is 4.47 Å². The summed E-state index contributed by atoms with van der Waals surface area (Å²) < 4.78 is 13.6. The Bertz CT molecular complexity index is 226. The number of pyridine rings is 1. The van der Waals surface area contributed by atoms with Crippen molar-refractivity contribution in [1.82, 2.24) is 4.98 Å². The van der Waals surface area contributed by atoms with E-state index < -0.39 is 5.95 Å². The molecule has 0 bridgehead atoms. The molecule has 0 radical (unpaired) electrons. The summed E-state index contributed by atoms with van der Waals surface area (Å²) in [5, 5.41) is 0. The predicted octanol–water partition coefficient (Wildman–Crippen LogP) is 2.75. The summed E-state index contributed by atoms with van der Waals surface area (Å²) in [6.45, 7) is 0. The molecular formula is C5H2Br2FN. The normalized spacial score (nSPS) is 9.67. The van der Waals surface area contributed by atoms with Crippen LogP contribution in [0.4, 0.5) is 4.39 Å². The molecule has 1 aromatic heterocycles. The van der Waals surface area contributed by atoms with Gasteiger partial charge in [0.1, 0.15) is 0 Å². The van der Waals surface area contributed by atoms with Gasteiger partial charge in [-0.25, -0.2) is 4.98 Å². The fourth-order valence-corrected chi connectivity index (χ4v) is 0.899. The zero-order chi connectivity index (χ0) is 6.85. The third-order valence-electron chi connectivity index (χ3n) is 0.775. The first-order chi connectivity index (χ1) is 4.20. The van der Waals surface area contributed by atoms with E-state index in [-0.39, 0.29) is 0 Å². The summed E-state index contributed by atoms with van der Waals surface area (Å²) >= 11 is 6.27. The third-order valence-corrected chi connectivity index (χ3v) is 2.60. The van der Waals surface area contributed by atoms with Crippen LogP contribution in [-0.4, -0.2) is 4.98 Å². The molecule has 0 aliphatic rings. The van der Waals surface area contributed by atoms with Crippen LogP contribution in [0.25, 0.3) is 0 Å². The second kappa shape index (κ2) is 2.75. The Morgan fingerprint density at radius 1 is 1.33 bits per heavy atom. The Hall–Kier alpha value is 0.0400. The first kappa shape index (κ1) is 7.15. The molecule has 0 aromatic carbocycles. The largest absolute Gasteiger partial charge is 0.227 e. The van der Waals surface area contributed by atoms with E-state index in [9.17, 15) is 4.39 Å². The molecule has 0 aliphatic carbocycles. The highest BCUT2D eigenvalue weighted by Crippen LogP contribution is 2.21. The summed E-state index contributed by atoms with van der Waals surface area (Å²) in [5.74, 6) is -0.481. The van der Waals surface area contributed by atoms with Gasteiger partial charge in [-0.15, -0.1) is 0 Å². The molecule has 0 N–H and O–H groups in total. The molecule has 0 unspecified atom stereocenters. The molecule has 9 heavy (non-hydrogen) atoms. The Morgan fingerprint density at radius 3 is 2.44 bits per heavy atom. The average Bonchev–Trinajstić information content (AvgIpc) is 1.80. The standard InChI is InChI=1S/C5H2Br2FN/c6-3-1-5(8)9-2-4(3)7/h1-2H. The van der Waals surface area contributed by atoms with E-state index in [1.807, 2.05) is 0 Å². The van der Waals surface area contributed by atoms with Crippen molar-refractivity contribution >= 4 is 31.9 Å². The predicted molar refractivity (Wildman–Crippen MR) is 39.6 cm³/mol. The summed E-state index contributed by atoms with van der Waals surface area (Å²) in [6, 6.07) is 1.30. The van der Waals surface area contributed by atoms with Crippen LogP contribution in [0.1, 0.15) is 0 Å². The third kappa shape index (κ3) is 1.72. The Kier molecular flexibility index (Phi) is 2.18. The quantitative estimate of drug-likeness (QED) is 0.649. The van der Waals surface area contributed by atoms with Crippen LogP contribution in [0.5, 0.6) is 0 Å². The molecule has 0 amide bonds. The van der Waals surface area contributed by atoms with E-state index >= 15 is 0 Å². The number of hydrogen-bond acceptors (Lipinski definition) is 1. The molecule has 1 nitrogen and oxygen atoms in total. The fourth-order valence-electron chi connectivity index (χ4n) is 0.391. The second-order valence-corrected chi connectivity index (χ2v) is 3.13. The highest BCUT2D eigenvalue weighted by atomic mass is 79.9. The van der Waals surface area contributed by atoms with Crippen molar-refractivity contribution in [1.29, 1.82) is 0 Å². The van der Waals surface area contributed by atoms with Crippen molar-refractivity contribution in [3.8, 4) is 0 Å². The number of halogens is 3. The molecule has 4 heteroatoms. The Balaban J connectivity index is 3.17. The van der Waals surface area contributed by atoms with E-state index in [0.717, 1.165) is 4.47 Å². The van der Waals surface area contributed by atoms with E-state index in [1.54, 1.807) is 0 Å². The highest BCUT2D eigenvalue weighted by Gasteiger charge is 1.96. The smallest absolute Gasteiger partial charge is 0.213 e. The summed E-state index contributed by atoms with van der Waals surface area (Å²) in [7, 11) is 0. The van der Waals surface area contributed by atoms with Gasteiger partial charge in [-0.3, -0.25) is 0 Å². The molecular weight excluding hydrogens is 253 g/mol. The minimum Gasteiger partial charge on any atom is -0.227 e. The number of nitrogens with zero attached hydrogens (tertiary/aromatic N) is 1. The molecule has 1 heterocycles. The van der Waals surface area contributed by atoms with Crippen molar-refractivity contribution in [2.24, 2.45) is 0 Å². The van der Waals surface area contributed by atoms with Crippen molar-refractivity contribution in [2.45, 2.75) is 0 Å². The first-order valence-corrected chi connectivity index (χ1v) is 3.75. The molecule has 0 spiro atoms. The summed E-state index contributed by atoms with van der Waals surface area (Å²) in [4.78, 5) is 3.40. The minimum atomic E-state index is -0.481. The topological polar surface area (TPSA) is 12.9 Å². The zero-order valence-electron chi connectivity index (χ0n) is 4.24. The van der Waals surface area contributed by atoms with Crippen LogP contribution in [0.3, 0.4) is 0 Å². The maximum absolute atomic E-state index is 12.2. The van der Waals surface area contributed by atoms with E-state index in [4.69, 9.17) is 0 Å². The molecule has 0 saturated carbocycles. The van der Waals surface area contributed by atoms with Crippen molar-refractivity contribution in [3.05, 3.63) is 27.2 Å². The SMILES string of the molecule is Fc1cc(Br)c(Br)cn1.